The zero-order valence-electron chi connectivity index (χ0n) is 22.6. The fourth-order valence-electron chi connectivity index (χ4n) is 5.54. The molecule has 40 heavy (non-hydrogen) atoms. The molecule has 2 unspecified atom stereocenters. The standard InChI is InChI=1S/C34H31N3O3/c1-3-21-40-25-19-17-24(18-20-25)35-33(38)22(2)37-32(26-13-7-8-14-27(26)34(37)39)30-28-15-9-10-16-29(28)36-31(30)23-11-5-4-6-12-23/h4-20,22,32,36H,3,21H2,1-2H3,(H,35,38). The number of hydrogen-bond donors (Lipinski definition) is 2. The van der Waals surface area contributed by atoms with Crippen molar-refractivity contribution in [3.05, 3.63) is 120 Å². The average Bonchev–Trinajstić information content (AvgIpc) is 3.52. The zero-order valence-corrected chi connectivity index (χ0v) is 22.6. The number of rotatable bonds is 8. The molecule has 6 rings (SSSR count). The number of anilines is 1. The van der Waals surface area contributed by atoms with Crippen LogP contribution in [0.15, 0.2) is 103 Å². The van der Waals surface area contributed by atoms with Gasteiger partial charge in [-0.2, -0.15) is 0 Å². The summed E-state index contributed by atoms with van der Waals surface area (Å²) in [6, 6.07) is 32.0. The first-order valence-electron chi connectivity index (χ1n) is 13.7. The van der Waals surface area contributed by atoms with Crippen LogP contribution < -0.4 is 10.1 Å². The predicted molar refractivity (Wildman–Crippen MR) is 159 cm³/mol. The van der Waals surface area contributed by atoms with E-state index in [0.717, 1.165) is 45.5 Å². The predicted octanol–water partition coefficient (Wildman–Crippen LogP) is 7.20. The number of carbonyl (C=O) groups excluding carboxylic acids is 2. The Morgan fingerprint density at radius 2 is 1.62 bits per heavy atom. The van der Waals surface area contributed by atoms with E-state index in [4.69, 9.17) is 4.74 Å². The Morgan fingerprint density at radius 3 is 2.40 bits per heavy atom. The Hall–Kier alpha value is -4.84. The second-order valence-corrected chi connectivity index (χ2v) is 10.1. The number of fused-ring (bicyclic) bond motifs is 2. The molecule has 0 saturated heterocycles. The van der Waals surface area contributed by atoms with Crippen LogP contribution in [0.2, 0.25) is 0 Å². The molecule has 0 saturated carbocycles. The van der Waals surface area contributed by atoms with Gasteiger partial charge in [0.25, 0.3) is 5.91 Å². The average molecular weight is 530 g/mol. The van der Waals surface area contributed by atoms with E-state index >= 15 is 0 Å². The Balaban J connectivity index is 1.41. The summed E-state index contributed by atoms with van der Waals surface area (Å²) >= 11 is 0. The summed E-state index contributed by atoms with van der Waals surface area (Å²) in [5, 5.41) is 4.03. The molecular formula is C34H31N3O3. The molecule has 0 fully saturated rings. The van der Waals surface area contributed by atoms with Gasteiger partial charge in [0.1, 0.15) is 11.8 Å². The summed E-state index contributed by atoms with van der Waals surface area (Å²) in [6.45, 7) is 4.49. The highest BCUT2D eigenvalue weighted by atomic mass is 16.5. The number of carbonyl (C=O) groups is 2. The van der Waals surface area contributed by atoms with Crippen molar-refractivity contribution >= 4 is 28.4 Å². The highest BCUT2D eigenvalue weighted by Gasteiger charge is 2.44. The number of H-pyrrole nitrogens is 1. The molecule has 6 nitrogen and oxygen atoms in total. The van der Waals surface area contributed by atoms with Gasteiger partial charge in [-0.05, 0) is 60.9 Å². The molecule has 200 valence electrons. The number of nitrogens with one attached hydrogen (secondary N) is 2. The SMILES string of the molecule is CCCOc1ccc(NC(=O)C(C)N2C(=O)c3ccccc3C2c2c(-c3ccccc3)[nH]c3ccccc23)cc1. The third-order valence-corrected chi connectivity index (χ3v) is 7.47. The van der Waals surface area contributed by atoms with Gasteiger partial charge in [0.15, 0.2) is 0 Å². The zero-order chi connectivity index (χ0) is 27.6. The second kappa shape index (κ2) is 10.7. The van der Waals surface area contributed by atoms with Gasteiger partial charge >= 0.3 is 0 Å². The van der Waals surface area contributed by atoms with E-state index in [1.165, 1.54) is 0 Å². The van der Waals surface area contributed by atoms with Crippen LogP contribution >= 0.6 is 0 Å². The molecule has 0 radical (unpaired) electrons. The third kappa shape index (κ3) is 4.51. The van der Waals surface area contributed by atoms with Gasteiger partial charge in [-0.25, -0.2) is 0 Å². The lowest BCUT2D eigenvalue weighted by atomic mass is 9.92. The Kier molecular flexibility index (Phi) is 6.83. The summed E-state index contributed by atoms with van der Waals surface area (Å²) in [6.07, 6.45) is 0.922. The highest BCUT2D eigenvalue weighted by Crippen LogP contribution is 2.46. The summed E-state index contributed by atoms with van der Waals surface area (Å²) in [7, 11) is 0. The normalized spacial score (nSPS) is 15.2. The van der Waals surface area contributed by atoms with Crippen LogP contribution in [0.4, 0.5) is 5.69 Å². The molecule has 4 aromatic carbocycles. The topological polar surface area (TPSA) is 74.4 Å². The van der Waals surface area contributed by atoms with Crippen LogP contribution in [0.5, 0.6) is 5.75 Å². The summed E-state index contributed by atoms with van der Waals surface area (Å²) in [5.41, 5.74) is 6.09. The van der Waals surface area contributed by atoms with Gasteiger partial charge in [0.05, 0.1) is 18.3 Å². The smallest absolute Gasteiger partial charge is 0.255 e. The summed E-state index contributed by atoms with van der Waals surface area (Å²) < 4.78 is 5.66. The largest absolute Gasteiger partial charge is 0.494 e. The maximum atomic E-state index is 13.9. The van der Waals surface area contributed by atoms with Gasteiger partial charge in [-0.1, -0.05) is 73.7 Å². The number of benzene rings is 4. The number of nitrogens with zero attached hydrogens (tertiary/aromatic N) is 1. The number of amides is 2. The third-order valence-electron chi connectivity index (χ3n) is 7.47. The minimum Gasteiger partial charge on any atom is -0.494 e. The molecule has 2 heterocycles. The van der Waals surface area contributed by atoms with Crippen LogP contribution in [0, 0.1) is 0 Å². The molecule has 0 bridgehead atoms. The van der Waals surface area contributed by atoms with E-state index in [2.05, 4.69) is 35.4 Å². The van der Waals surface area contributed by atoms with E-state index in [1.54, 1.807) is 11.8 Å². The molecule has 2 N–H and O–H groups in total. The van der Waals surface area contributed by atoms with E-state index in [9.17, 15) is 9.59 Å². The van der Waals surface area contributed by atoms with Gasteiger partial charge in [-0.3, -0.25) is 9.59 Å². The summed E-state index contributed by atoms with van der Waals surface area (Å²) in [4.78, 5) is 32.9. The van der Waals surface area contributed by atoms with E-state index in [-0.39, 0.29) is 11.8 Å². The number of ether oxygens (including phenoxy) is 1. The second-order valence-electron chi connectivity index (χ2n) is 10.1. The van der Waals surface area contributed by atoms with Crippen LogP contribution in [0.3, 0.4) is 0 Å². The van der Waals surface area contributed by atoms with Gasteiger partial charge in [0.2, 0.25) is 5.91 Å². The summed E-state index contributed by atoms with van der Waals surface area (Å²) in [5.74, 6) is 0.344. The van der Waals surface area contributed by atoms with E-state index in [0.29, 0.717) is 17.9 Å². The minimum absolute atomic E-state index is 0.157. The minimum atomic E-state index is -0.738. The lowest BCUT2D eigenvalue weighted by Crippen LogP contribution is -2.44. The van der Waals surface area contributed by atoms with Crippen molar-refractivity contribution in [2.24, 2.45) is 0 Å². The first-order valence-corrected chi connectivity index (χ1v) is 13.7. The van der Waals surface area contributed by atoms with Crippen molar-refractivity contribution < 1.29 is 14.3 Å². The Bertz CT molecular complexity index is 1670. The maximum absolute atomic E-state index is 13.9. The fourth-order valence-corrected chi connectivity index (χ4v) is 5.54. The molecule has 0 aliphatic carbocycles. The van der Waals surface area contributed by atoms with Crippen molar-refractivity contribution in [3.8, 4) is 17.0 Å². The first kappa shape index (κ1) is 25.4. The van der Waals surface area contributed by atoms with Crippen molar-refractivity contribution in [2.45, 2.75) is 32.4 Å². The number of aromatic nitrogens is 1. The van der Waals surface area contributed by atoms with Crippen LogP contribution in [0.25, 0.3) is 22.2 Å². The van der Waals surface area contributed by atoms with Crippen LogP contribution in [-0.2, 0) is 4.79 Å². The molecular weight excluding hydrogens is 498 g/mol. The highest BCUT2D eigenvalue weighted by molar-refractivity contribution is 6.06. The van der Waals surface area contributed by atoms with E-state index in [1.807, 2.05) is 84.9 Å². The molecule has 1 aromatic heterocycles. The van der Waals surface area contributed by atoms with Gasteiger partial charge < -0.3 is 19.9 Å². The van der Waals surface area contributed by atoms with Crippen LogP contribution in [-0.4, -0.2) is 34.3 Å². The molecule has 1 aliphatic heterocycles. The number of hydrogen-bond acceptors (Lipinski definition) is 3. The van der Waals surface area contributed by atoms with Gasteiger partial charge in [0, 0.05) is 27.7 Å². The molecule has 2 atom stereocenters. The monoisotopic (exact) mass is 529 g/mol. The number of aromatic amines is 1. The van der Waals surface area contributed by atoms with Gasteiger partial charge in [-0.15, -0.1) is 0 Å². The fraction of sp³-hybridized carbons (Fsp3) is 0.176. The van der Waals surface area contributed by atoms with Crippen molar-refractivity contribution in [1.29, 1.82) is 0 Å². The Labute approximate surface area is 233 Å². The van der Waals surface area contributed by atoms with Crippen molar-refractivity contribution in [3.63, 3.8) is 0 Å². The molecule has 1 aliphatic rings. The first-order chi connectivity index (χ1) is 19.6. The maximum Gasteiger partial charge on any atom is 0.255 e. The van der Waals surface area contributed by atoms with Crippen molar-refractivity contribution in [2.75, 3.05) is 11.9 Å². The molecule has 0 spiro atoms. The molecule has 6 heteroatoms. The molecule has 2 amide bonds. The number of para-hydroxylation sites is 1. The van der Waals surface area contributed by atoms with E-state index < -0.39 is 12.1 Å². The lowest BCUT2D eigenvalue weighted by molar-refractivity contribution is -0.120. The quantitative estimate of drug-likeness (QED) is 0.223. The van der Waals surface area contributed by atoms with Crippen molar-refractivity contribution in [1.82, 2.24) is 9.88 Å². The van der Waals surface area contributed by atoms with Crippen LogP contribution in [0.1, 0.15) is 47.8 Å². The lowest BCUT2D eigenvalue weighted by Gasteiger charge is -2.31. The Morgan fingerprint density at radius 1 is 0.925 bits per heavy atom. The molecule has 5 aromatic rings.